The number of carbonyl (C=O) groups excluding carboxylic acids is 1. The number of aromatic nitrogens is 1. The highest BCUT2D eigenvalue weighted by Crippen LogP contribution is 2.35. The molecule has 1 saturated carbocycles. The van der Waals surface area contributed by atoms with Crippen molar-refractivity contribution in [3.63, 3.8) is 0 Å². The van der Waals surface area contributed by atoms with Crippen LogP contribution in [-0.2, 0) is 17.8 Å². The molecular formula is C27H42Cl2N4O3. The molecule has 3 heterocycles. The third kappa shape index (κ3) is 7.27. The summed E-state index contributed by atoms with van der Waals surface area (Å²) in [5, 5.41) is 5.64. The molecule has 2 aromatic rings. The first kappa shape index (κ1) is 29.0. The van der Waals surface area contributed by atoms with Crippen molar-refractivity contribution in [3.05, 3.63) is 23.4 Å². The number of halogens is 2. The molecule has 3 fully saturated rings. The van der Waals surface area contributed by atoms with Crippen molar-refractivity contribution in [2.45, 2.75) is 57.9 Å². The summed E-state index contributed by atoms with van der Waals surface area (Å²) in [4.78, 5) is 18.6. The maximum Gasteiger partial charge on any atom is 0.222 e. The molecule has 202 valence electrons. The molecule has 7 nitrogen and oxygen atoms in total. The average molecular weight is 542 g/mol. The van der Waals surface area contributed by atoms with Crippen molar-refractivity contribution in [1.82, 2.24) is 19.9 Å². The van der Waals surface area contributed by atoms with Gasteiger partial charge in [-0.15, -0.1) is 24.8 Å². The zero-order chi connectivity index (χ0) is 23.5. The quantitative estimate of drug-likeness (QED) is 0.408. The first-order chi connectivity index (χ1) is 16.6. The summed E-state index contributed by atoms with van der Waals surface area (Å²) in [7, 11) is 4.16. The zero-order valence-electron chi connectivity index (χ0n) is 21.7. The van der Waals surface area contributed by atoms with E-state index >= 15 is 0 Å². The van der Waals surface area contributed by atoms with Crippen LogP contribution in [0.4, 0.5) is 0 Å². The lowest BCUT2D eigenvalue weighted by molar-refractivity contribution is -0.127. The molecule has 1 aliphatic carbocycles. The molecule has 2 aliphatic heterocycles. The highest BCUT2D eigenvalue weighted by molar-refractivity contribution is 5.86. The first-order valence-corrected chi connectivity index (χ1v) is 13.2. The second kappa shape index (κ2) is 13.3. The predicted molar refractivity (Wildman–Crippen MR) is 147 cm³/mol. The van der Waals surface area contributed by atoms with E-state index in [0.29, 0.717) is 5.91 Å². The Morgan fingerprint density at radius 2 is 1.83 bits per heavy atom. The van der Waals surface area contributed by atoms with Crippen molar-refractivity contribution < 1.29 is 14.1 Å². The van der Waals surface area contributed by atoms with Crippen molar-refractivity contribution in [3.8, 4) is 5.75 Å². The van der Waals surface area contributed by atoms with Crippen LogP contribution in [0, 0.1) is 11.8 Å². The van der Waals surface area contributed by atoms with Gasteiger partial charge in [-0.3, -0.25) is 4.79 Å². The Hall–Kier alpha value is -1.54. The fourth-order valence-electron chi connectivity index (χ4n) is 5.41. The van der Waals surface area contributed by atoms with Crippen LogP contribution in [0.25, 0.3) is 11.0 Å². The summed E-state index contributed by atoms with van der Waals surface area (Å²) in [5.41, 5.74) is 3.09. The van der Waals surface area contributed by atoms with Crippen LogP contribution < -0.4 is 4.74 Å². The van der Waals surface area contributed by atoms with E-state index in [4.69, 9.17) is 9.26 Å². The van der Waals surface area contributed by atoms with E-state index in [-0.39, 0.29) is 24.8 Å². The monoisotopic (exact) mass is 540 g/mol. The molecule has 0 spiro atoms. The molecule has 1 aromatic heterocycles. The maximum atomic E-state index is 11.8. The van der Waals surface area contributed by atoms with E-state index < -0.39 is 0 Å². The third-order valence-electron chi connectivity index (χ3n) is 7.78. The van der Waals surface area contributed by atoms with Gasteiger partial charge in [-0.1, -0.05) is 5.16 Å². The lowest BCUT2D eigenvalue weighted by Gasteiger charge is -2.33. The van der Waals surface area contributed by atoms with Crippen LogP contribution in [0.3, 0.4) is 0 Å². The van der Waals surface area contributed by atoms with Gasteiger partial charge >= 0.3 is 0 Å². The number of piperidine rings is 1. The van der Waals surface area contributed by atoms with Gasteiger partial charge in [-0.2, -0.15) is 0 Å². The maximum absolute atomic E-state index is 11.8. The molecule has 0 unspecified atom stereocenters. The Kier molecular flexibility index (Phi) is 10.7. The van der Waals surface area contributed by atoms with Crippen LogP contribution >= 0.6 is 24.8 Å². The minimum Gasteiger partial charge on any atom is -0.493 e. The van der Waals surface area contributed by atoms with E-state index in [2.05, 4.69) is 41.2 Å². The second-order valence-electron chi connectivity index (χ2n) is 10.8. The van der Waals surface area contributed by atoms with E-state index in [0.717, 1.165) is 111 Å². The Labute approximate surface area is 227 Å². The van der Waals surface area contributed by atoms with Gasteiger partial charge in [0.05, 0.1) is 17.9 Å². The summed E-state index contributed by atoms with van der Waals surface area (Å²) >= 11 is 0. The molecule has 9 heteroatoms. The van der Waals surface area contributed by atoms with E-state index in [1.165, 1.54) is 25.7 Å². The SMILES string of the molecule is CN(C)Cc1c(OCC2CC2)ccc2c(CCC3CCN(CCN4CCCC4=O)CC3)noc12.Cl.Cl. The van der Waals surface area contributed by atoms with Gasteiger partial charge in [-0.05, 0) is 96.1 Å². The predicted octanol–water partition coefficient (Wildman–Crippen LogP) is 4.79. The Morgan fingerprint density at radius 3 is 2.50 bits per heavy atom. The van der Waals surface area contributed by atoms with Crippen LogP contribution in [0.1, 0.15) is 56.2 Å². The summed E-state index contributed by atoms with van der Waals surface area (Å²) in [5.74, 6) is 2.74. The second-order valence-corrected chi connectivity index (χ2v) is 10.8. The third-order valence-corrected chi connectivity index (χ3v) is 7.78. The Bertz CT molecular complexity index is 987. The summed E-state index contributed by atoms with van der Waals surface area (Å²) in [6.45, 7) is 6.74. The number of benzene rings is 1. The minimum absolute atomic E-state index is 0. The number of nitrogens with zero attached hydrogens (tertiary/aromatic N) is 4. The normalized spacial score (nSPS) is 19.1. The molecule has 2 saturated heterocycles. The number of hydrogen-bond donors (Lipinski definition) is 0. The van der Waals surface area contributed by atoms with Crippen LogP contribution in [0.15, 0.2) is 16.7 Å². The van der Waals surface area contributed by atoms with Gasteiger partial charge in [0.15, 0.2) is 5.58 Å². The minimum atomic E-state index is 0. The lowest BCUT2D eigenvalue weighted by atomic mass is 9.91. The summed E-state index contributed by atoms with van der Waals surface area (Å²) < 4.78 is 12.1. The zero-order valence-corrected chi connectivity index (χ0v) is 23.4. The number of hydrogen-bond acceptors (Lipinski definition) is 6. The number of amides is 1. The number of likely N-dealkylation sites (tertiary alicyclic amines) is 2. The first-order valence-electron chi connectivity index (χ1n) is 13.2. The molecule has 5 rings (SSSR count). The van der Waals surface area contributed by atoms with Crippen LogP contribution in [0.2, 0.25) is 0 Å². The van der Waals surface area contributed by atoms with E-state index in [1.807, 2.05) is 4.90 Å². The van der Waals surface area contributed by atoms with Gasteiger partial charge in [0.25, 0.3) is 0 Å². The molecule has 0 bridgehead atoms. The topological polar surface area (TPSA) is 62.1 Å². The fraction of sp³-hybridized carbons (Fsp3) is 0.704. The van der Waals surface area contributed by atoms with Gasteiger partial charge < -0.3 is 24.0 Å². The molecule has 3 aliphatic rings. The number of aryl methyl sites for hydroxylation is 1. The van der Waals surface area contributed by atoms with Gasteiger partial charge in [0.1, 0.15) is 5.75 Å². The molecule has 1 amide bonds. The van der Waals surface area contributed by atoms with Crippen molar-refractivity contribution >= 4 is 41.7 Å². The number of ether oxygens (including phenoxy) is 1. The number of carbonyl (C=O) groups is 1. The number of rotatable bonds is 11. The van der Waals surface area contributed by atoms with Crippen LogP contribution in [-0.4, -0.2) is 79.2 Å². The van der Waals surface area contributed by atoms with Gasteiger partial charge in [0.2, 0.25) is 5.91 Å². The molecule has 0 N–H and O–H groups in total. The molecule has 1 aromatic carbocycles. The average Bonchev–Trinajstić information content (AvgIpc) is 3.43. The lowest BCUT2D eigenvalue weighted by Crippen LogP contribution is -2.40. The Morgan fingerprint density at radius 1 is 1.06 bits per heavy atom. The highest BCUT2D eigenvalue weighted by Gasteiger charge is 2.25. The van der Waals surface area contributed by atoms with Gasteiger partial charge in [0, 0.05) is 38.0 Å². The summed E-state index contributed by atoms with van der Waals surface area (Å²) in [6.07, 6.45) is 8.92. The highest BCUT2D eigenvalue weighted by atomic mass is 35.5. The summed E-state index contributed by atoms with van der Waals surface area (Å²) in [6, 6.07) is 4.26. The largest absolute Gasteiger partial charge is 0.493 e. The Balaban J connectivity index is 0.00000180. The fourth-order valence-corrected chi connectivity index (χ4v) is 5.41. The molecule has 0 atom stereocenters. The van der Waals surface area contributed by atoms with Gasteiger partial charge in [-0.25, -0.2) is 0 Å². The van der Waals surface area contributed by atoms with Crippen LogP contribution in [0.5, 0.6) is 5.75 Å². The molecule has 36 heavy (non-hydrogen) atoms. The van der Waals surface area contributed by atoms with Crippen molar-refractivity contribution in [1.29, 1.82) is 0 Å². The number of fused-ring (bicyclic) bond motifs is 1. The van der Waals surface area contributed by atoms with Crippen molar-refractivity contribution in [2.75, 3.05) is 53.4 Å². The van der Waals surface area contributed by atoms with Crippen molar-refractivity contribution in [2.24, 2.45) is 11.8 Å². The standard InChI is InChI=1S/C27H40N4O3.2ClH/c1-29(2)18-23-25(33-19-21-5-6-21)10-8-22-24(28-34-27(22)23)9-7-20-11-14-30(15-12-20)16-17-31-13-3-4-26(31)32;;/h8,10,20-21H,3-7,9,11-19H2,1-2H3;2*1H. The molecule has 0 radical (unpaired) electrons. The van der Waals surface area contributed by atoms with E-state index in [9.17, 15) is 4.79 Å². The molecular weight excluding hydrogens is 499 g/mol. The smallest absolute Gasteiger partial charge is 0.222 e. The van der Waals surface area contributed by atoms with E-state index in [1.54, 1.807) is 0 Å².